The van der Waals surface area contributed by atoms with Crippen molar-refractivity contribution >= 4 is 0 Å². The normalized spacial score (nSPS) is 28.9. The second kappa shape index (κ2) is 7.39. The number of aromatic amines is 1. The molecule has 2 rings (SSSR count). The van der Waals surface area contributed by atoms with Crippen LogP contribution in [0, 0.1) is 6.92 Å². The summed E-state index contributed by atoms with van der Waals surface area (Å²) in [5.74, 6) is 0. The SMILES string of the molecule is CC[C@H]1O[C@@H](n2cc(C)c(=O)[nH]c2=O)C(OC[C@H](C)OC)[C@H]1O. The van der Waals surface area contributed by atoms with Gasteiger partial charge in [-0.2, -0.15) is 0 Å². The van der Waals surface area contributed by atoms with Crippen LogP contribution in [-0.2, 0) is 14.2 Å². The summed E-state index contributed by atoms with van der Waals surface area (Å²) in [6.45, 7) is 5.57. The molecule has 2 heterocycles. The van der Waals surface area contributed by atoms with Crippen LogP contribution in [0.25, 0.3) is 0 Å². The Kier molecular flexibility index (Phi) is 5.74. The number of aliphatic hydroxyl groups is 1. The van der Waals surface area contributed by atoms with Crippen LogP contribution in [0.5, 0.6) is 0 Å². The van der Waals surface area contributed by atoms with Gasteiger partial charge in [-0.05, 0) is 20.3 Å². The quantitative estimate of drug-likeness (QED) is 0.758. The second-order valence-electron chi connectivity index (χ2n) is 5.79. The number of hydrogen-bond donors (Lipinski definition) is 2. The Morgan fingerprint density at radius 3 is 2.78 bits per heavy atom. The first-order valence-corrected chi connectivity index (χ1v) is 7.69. The highest BCUT2D eigenvalue weighted by Crippen LogP contribution is 2.32. The number of methoxy groups -OCH3 is 1. The van der Waals surface area contributed by atoms with Crippen molar-refractivity contribution < 1.29 is 19.3 Å². The van der Waals surface area contributed by atoms with Crippen LogP contribution in [0.15, 0.2) is 15.8 Å². The number of nitrogens with zero attached hydrogens (tertiary/aromatic N) is 1. The Bertz CT molecular complexity index is 640. The Morgan fingerprint density at radius 2 is 2.17 bits per heavy atom. The van der Waals surface area contributed by atoms with E-state index in [0.717, 1.165) is 0 Å². The number of rotatable bonds is 6. The zero-order valence-corrected chi connectivity index (χ0v) is 13.8. The lowest BCUT2D eigenvalue weighted by Crippen LogP contribution is -2.40. The zero-order valence-electron chi connectivity index (χ0n) is 13.8. The van der Waals surface area contributed by atoms with Crippen LogP contribution in [0.1, 0.15) is 32.1 Å². The maximum atomic E-state index is 12.1. The fraction of sp³-hybridized carbons (Fsp3) is 0.733. The van der Waals surface area contributed by atoms with E-state index in [0.29, 0.717) is 12.0 Å². The largest absolute Gasteiger partial charge is 0.388 e. The topological polar surface area (TPSA) is 103 Å². The molecule has 1 aromatic rings. The first-order valence-electron chi connectivity index (χ1n) is 7.69. The van der Waals surface area contributed by atoms with Crippen LogP contribution in [0.2, 0.25) is 0 Å². The van der Waals surface area contributed by atoms with Crippen LogP contribution in [-0.4, -0.2) is 52.8 Å². The fourth-order valence-electron chi connectivity index (χ4n) is 2.55. The maximum Gasteiger partial charge on any atom is 0.330 e. The lowest BCUT2D eigenvalue weighted by Gasteiger charge is -2.23. The Labute approximate surface area is 134 Å². The minimum absolute atomic E-state index is 0.155. The lowest BCUT2D eigenvalue weighted by molar-refractivity contribution is -0.0932. The highest BCUT2D eigenvalue weighted by atomic mass is 16.6. The van der Waals surface area contributed by atoms with E-state index in [1.54, 1.807) is 14.0 Å². The summed E-state index contributed by atoms with van der Waals surface area (Å²) in [5.41, 5.74) is -0.656. The third-order valence-electron chi connectivity index (χ3n) is 4.06. The van der Waals surface area contributed by atoms with Crippen molar-refractivity contribution in [2.24, 2.45) is 0 Å². The summed E-state index contributed by atoms with van der Waals surface area (Å²) in [6.07, 6.45) is -0.989. The molecule has 1 unspecified atom stereocenters. The van der Waals surface area contributed by atoms with Gasteiger partial charge in [-0.1, -0.05) is 6.92 Å². The predicted molar refractivity (Wildman–Crippen MR) is 82.5 cm³/mol. The van der Waals surface area contributed by atoms with E-state index in [1.165, 1.54) is 10.8 Å². The summed E-state index contributed by atoms with van der Waals surface area (Å²) < 4.78 is 17.9. The van der Waals surface area contributed by atoms with Gasteiger partial charge in [0.25, 0.3) is 5.56 Å². The standard InChI is InChI=1S/C15H24N2O6/c1-5-10-11(18)12(22-7-9(3)21-4)14(23-10)17-6-8(2)13(19)16-15(17)20/h6,9-12,14,18H,5,7H2,1-4H3,(H,16,19,20)/t9-,10+,11-,12?,14+/m0/s1. The number of aliphatic hydroxyl groups excluding tert-OH is 1. The molecule has 8 nitrogen and oxygen atoms in total. The predicted octanol–water partition coefficient (Wildman–Crippen LogP) is -0.0666. The average Bonchev–Trinajstić information content (AvgIpc) is 2.84. The summed E-state index contributed by atoms with van der Waals surface area (Å²) in [4.78, 5) is 25.8. The number of H-pyrrole nitrogens is 1. The number of aryl methyl sites for hydroxylation is 1. The summed E-state index contributed by atoms with van der Waals surface area (Å²) in [7, 11) is 1.57. The Hall–Kier alpha value is -1.48. The van der Waals surface area contributed by atoms with Gasteiger partial charge >= 0.3 is 5.69 Å². The van der Waals surface area contributed by atoms with Gasteiger partial charge in [0.05, 0.1) is 18.8 Å². The summed E-state index contributed by atoms with van der Waals surface area (Å²) in [6, 6.07) is 0. The average molecular weight is 328 g/mol. The highest BCUT2D eigenvalue weighted by Gasteiger charge is 2.45. The van der Waals surface area contributed by atoms with Crippen molar-refractivity contribution in [3.63, 3.8) is 0 Å². The van der Waals surface area contributed by atoms with Crippen LogP contribution in [0.3, 0.4) is 0 Å². The number of ether oxygens (including phenoxy) is 3. The molecule has 0 aliphatic carbocycles. The van der Waals surface area contributed by atoms with Crippen molar-refractivity contribution in [1.29, 1.82) is 0 Å². The van der Waals surface area contributed by atoms with Gasteiger partial charge in [-0.3, -0.25) is 14.3 Å². The van der Waals surface area contributed by atoms with Crippen molar-refractivity contribution in [1.82, 2.24) is 9.55 Å². The maximum absolute atomic E-state index is 12.1. The first-order chi connectivity index (χ1) is 10.9. The number of aromatic nitrogens is 2. The van der Waals surface area contributed by atoms with E-state index in [9.17, 15) is 14.7 Å². The summed E-state index contributed by atoms with van der Waals surface area (Å²) in [5, 5.41) is 10.4. The van der Waals surface area contributed by atoms with E-state index < -0.39 is 35.8 Å². The molecule has 0 aromatic carbocycles. The van der Waals surface area contributed by atoms with Gasteiger partial charge in [0.15, 0.2) is 6.23 Å². The van der Waals surface area contributed by atoms with Gasteiger partial charge in [-0.25, -0.2) is 4.79 Å². The van der Waals surface area contributed by atoms with Gasteiger partial charge in [0.2, 0.25) is 0 Å². The molecule has 5 atom stereocenters. The van der Waals surface area contributed by atoms with E-state index in [2.05, 4.69) is 4.98 Å². The molecule has 0 spiro atoms. The minimum atomic E-state index is -0.867. The number of nitrogens with one attached hydrogen (secondary N) is 1. The molecule has 1 fully saturated rings. The molecule has 1 aromatic heterocycles. The third kappa shape index (κ3) is 3.72. The molecule has 0 bridgehead atoms. The lowest BCUT2D eigenvalue weighted by atomic mass is 10.1. The number of hydrogen-bond acceptors (Lipinski definition) is 6. The van der Waals surface area contributed by atoms with Crippen LogP contribution in [0.4, 0.5) is 0 Å². The summed E-state index contributed by atoms with van der Waals surface area (Å²) >= 11 is 0. The molecular formula is C15H24N2O6. The van der Waals surface area contributed by atoms with Crippen LogP contribution < -0.4 is 11.2 Å². The molecule has 0 amide bonds. The Morgan fingerprint density at radius 1 is 1.48 bits per heavy atom. The van der Waals surface area contributed by atoms with Gasteiger partial charge < -0.3 is 19.3 Å². The molecule has 130 valence electrons. The van der Waals surface area contributed by atoms with Crippen molar-refractivity contribution in [2.75, 3.05) is 13.7 Å². The first kappa shape index (κ1) is 17.9. The minimum Gasteiger partial charge on any atom is -0.388 e. The molecule has 0 radical (unpaired) electrons. The zero-order chi connectivity index (χ0) is 17.1. The third-order valence-corrected chi connectivity index (χ3v) is 4.06. The van der Waals surface area contributed by atoms with E-state index in [4.69, 9.17) is 14.2 Å². The highest BCUT2D eigenvalue weighted by molar-refractivity contribution is 5.03. The van der Waals surface area contributed by atoms with E-state index in [1.807, 2.05) is 13.8 Å². The molecule has 1 aliphatic rings. The van der Waals surface area contributed by atoms with Gasteiger partial charge in [-0.15, -0.1) is 0 Å². The second-order valence-corrected chi connectivity index (χ2v) is 5.79. The van der Waals surface area contributed by atoms with Crippen molar-refractivity contribution in [2.45, 2.75) is 57.8 Å². The van der Waals surface area contributed by atoms with Crippen molar-refractivity contribution in [3.05, 3.63) is 32.6 Å². The molecule has 8 heteroatoms. The van der Waals surface area contributed by atoms with E-state index in [-0.39, 0.29) is 12.7 Å². The monoisotopic (exact) mass is 328 g/mol. The Balaban J connectivity index is 2.31. The molecule has 1 aliphatic heterocycles. The van der Waals surface area contributed by atoms with E-state index >= 15 is 0 Å². The molecule has 23 heavy (non-hydrogen) atoms. The van der Waals surface area contributed by atoms with Gasteiger partial charge in [0.1, 0.15) is 12.2 Å². The van der Waals surface area contributed by atoms with Crippen molar-refractivity contribution in [3.8, 4) is 0 Å². The van der Waals surface area contributed by atoms with Crippen LogP contribution >= 0.6 is 0 Å². The van der Waals surface area contributed by atoms with Gasteiger partial charge in [0, 0.05) is 18.9 Å². The molecule has 2 N–H and O–H groups in total. The molecule has 1 saturated heterocycles. The molecular weight excluding hydrogens is 304 g/mol. The smallest absolute Gasteiger partial charge is 0.330 e. The molecule has 0 saturated carbocycles. The fourth-order valence-corrected chi connectivity index (χ4v) is 2.55.